The van der Waals surface area contributed by atoms with E-state index in [1.54, 1.807) is 0 Å². The summed E-state index contributed by atoms with van der Waals surface area (Å²) in [5, 5.41) is 9.92. The van der Waals surface area contributed by atoms with Crippen molar-refractivity contribution in [1.29, 1.82) is 0 Å². The zero-order valence-electron chi connectivity index (χ0n) is 8.84. The highest BCUT2D eigenvalue weighted by Gasteiger charge is 2.40. The molecule has 0 bridgehead atoms. The lowest BCUT2D eigenvalue weighted by atomic mass is 9.94. The molecule has 0 amide bonds. The summed E-state index contributed by atoms with van der Waals surface area (Å²) in [6.45, 7) is 7.59. The fraction of sp³-hybridized carbons (Fsp3) is 1.00. The van der Waals surface area contributed by atoms with E-state index < -0.39 is 5.60 Å². The van der Waals surface area contributed by atoms with Gasteiger partial charge in [-0.15, -0.1) is 0 Å². The van der Waals surface area contributed by atoms with Crippen molar-refractivity contribution in [1.82, 2.24) is 4.90 Å². The highest BCUT2D eigenvalue weighted by molar-refractivity contribution is 4.93. The Morgan fingerprint density at radius 1 is 1.23 bits per heavy atom. The average molecular weight is 183 g/mol. The molecule has 1 saturated heterocycles. The molecule has 1 saturated carbocycles. The van der Waals surface area contributed by atoms with Crippen molar-refractivity contribution in [2.45, 2.75) is 45.1 Å². The SMILES string of the molecule is CC1(O)CCCN(CC2(C)CC2)C1. The maximum absolute atomic E-state index is 9.92. The summed E-state index contributed by atoms with van der Waals surface area (Å²) in [5.74, 6) is 0. The lowest BCUT2D eigenvalue weighted by Gasteiger charge is -2.38. The van der Waals surface area contributed by atoms with Crippen LogP contribution in [0.4, 0.5) is 0 Å². The number of β-amino-alcohol motifs (C(OH)–C–C–N with tert-alkyl or cyclic N) is 1. The van der Waals surface area contributed by atoms with Gasteiger partial charge in [-0.1, -0.05) is 6.92 Å². The Bertz CT molecular complexity index is 194. The van der Waals surface area contributed by atoms with Gasteiger partial charge in [0.15, 0.2) is 0 Å². The van der Waals surface area contributed by atoms with E-state index in [1.165, 1.54) is 25.9 Å². The Kier molecular flexibility index (Phi) is 2.16. The Balaban J connectivity index is 1.86. The molecule has 1 heterocycles. The van der Waals surface area contributed by atoms with Gasteiger partial charge in [-0.25, -0.2) is 0 Å². The number of hydrogen-bond donors (Lipinski definition) is 1. The number of nitrogens with zero attached hydrogens (tertiary/aromatic N) is 1. The highest BCUT2D eigenvalue weighted by Crippen LogP contribution is 2.46. The van der Waals surface area contributed by atoms with Gasteiger partial charge in [0, 0.05) is 13.1 Å². The van der Waals surface area contributed by atoms with Crippen molar-refractivity contribution in [2.24, 2.45) is 5.41 Å². The summed E-state index contributed by atoms with van der Waals surface area (Å²) in [4.78, 5) is 2.44. The van der Waals surface area contributed by atoms with Crippen molar-refractivity contribution >= 4 is 0 Å². The van der Waals surface area contributed by atoms with Crippen LogP contribution in [0.5, 0.6) is 0 Å². The molecular weight excluding hydrogens is 162 g/mol. The summed E-state index contributed by atoms with van der Waals surface area (Å²) in [6.07, 6.45) is 4.89. The first-order valence-electron chi connectivity index (χ1n) is 5.44. The molecule has 2 aliphatic rings. The number of hydrogen-bond acceptors (Lipinski definition) is 2. The molecule has 1 N–H and O–H groups in total. The van der Waals surface area contributed by atoms with Gasteiger partial charge in [0.05, 0.1) is 5.60 Å². The van der Waals surface area contributed by atoms with E-state index in [1.807, 2.05) is 6.92 Å². The minimum absolute atomic E-state index is 0.427. The van der Waals surface area contributed by atoms with Gasteiger partial charge in [0.25, 0.3) is 0 Å². The summed E-state index contributed by atoms with van der Waals surface area (Å²) >= 11 is 0. The molecule has 0 aromatic rings. The molecule has 2 fully saturated rings. The van der Waals surface area contributed by atoms with Gasteiger partial charge in [-0.3, -0.25) is 4.90 Å². The Hall–Kier alpha value is -0.0800. The normalized spacial score (nSPS) is 39.0. The van der Waals surface area contributed by atoms with E-state index in [9.17, 15) is 5.11 Å². The molecule has 2 heteroatoms. The second-order valence-electron chi connectivity index (χ2n) is 5.62. The standard InChI is InChI=1S/C11H21NO/c1-10(5-6-10)8-12-7-3-4-11(2,13)9-12/h13H,3-9H2,1-2H3. The van der Waals surface area contributed by atoms with Crippen LogP contribution in [0, 0.1) is 5.41 Å². The van der Waals surface area contributed by atoms with Gasteiger partial charge in [-0.05, 0) is 44.6 Å². The number of likely N-dealkylation sites (tertiary alicyclic amines) is 1. The molecule has 13 heavy (non-hydrogen) atoms. The third kappa shape index (κ3) is 2.44. The fourth-order valence-corrected chi connectivity index (χ4v) is 2.37. The van der Waals surface area contributed by atoms with E-state index in [0.717, 1.165) is 19.4 Å². The van der Waals surface area contributed by atoms with Crippen molar-refractivity contribution in [3.63, 3.8) is 0 Å². The second kappa shape index (κ2) is 2.96. The van der Waals surface area contributed by atoms with Crippen LogP contribution < -0.4 is 0 Å². The summed E-state index contributed by atoms with van der Waals surface area (Å²) in [5.41, 5.74) is 0.164. The van der Waals surface area contributed by atoms with Crippen LogP contribution in [0.25, 0.3) is 0 Å². The zero-order valence-corrected chi connectivity index (χ0v) is 8.84. The largest absolute Gasteiger partial charge is 0.389 e. The molecule has 2 nitrogen and oxygen atoms in total. The lowest BCUT2D eigenvalue weighted by Crippen LogP contribution is -2.47. The summed E-state index contributed by atoms with van der Waals surface area (Å²) in [7, 11) is 0. The number of aliphatic hydroxyl groups is 1. The molecule has 0 aromatic carbocycles. The third-order valence-electron chi connectivity index (χ3n) is 3.46. The van der Waals surface area contributed by atoms with Gasteiger partial charge in [-0.2, -0.15) is 0 Å². The lowest BCUT2D eigenvalue weighted by molar-refractivity contribution is -0.0204. The van der Waals surface area contributed by atoms with Crippen molar-refractivity contribution in [3.8, 4) is 0 Å². The highest BCUT2D eigenvalue weighted by atomic mass is 16.3. The molecule has 2 rings (SSSR count). The minimum Gasteiger partial charge on any atom is -0.389 e. The quantitative estimate of drug-likeness (QED) is 0.703. The molecule has 1 unspecified atom stereocenters. The van der Waals surface area contributed by atoms with E-state index in [2.05, 4.69) is 11.8 Å². The maximum Gasteiger partial charge on any atom is 0.0746 e. The molecule has 0 spiro atoms. The Morgan fingerprint density at radius 2 is 1.92 bits per heavy atom. The van der Waals surface area contributed by atoms with Crippen LogP contribution in [-0.4, -0.2) is 35.2 Å². The predicted octanol–water partition coefficient (Wildman–Crippen LogP) is 1.63. The fourth-order valence-electron chi connectivity index (χ4n) is 2.37. The van der Waals surface area contributed by atoms with E-state index in [-0.39, 0.29) is 0 Å². The van der Waals surface area contributed by atoms with E-state index in [0.29, 0.717) is 5.41 Å². The Morgan fingerprint density at radius 3 is 2.46 bits per heavy atom. The molecule has 0 radical (unpaired) electrons. The number of rotatable bonds is 2. The zero-order chi connectivity index (χ0) is 9.53. The van der Waals surface area contributed by atoms with Gasteiger partial charge >= 0.3 is 0 Å². The summed E-state index contributed by atoms with van der Waals surface area (Å²) < 4.78 is 0. The van der Waals surface area contributed by atoms with Gasteiger partial charge in [0.1, 0.15) is 0 Å². The first-order chi connectivity index (χ1) is 5.99. The summed E-state index contributed by atoms with van der Waals surface area (Å²) in [6, 6.07) is 0. The van der Waals surface area contributed by atoms with E-state index in [4.69, 9.17) is 0 Å². The third-order valence-corrected chi connectivity index (χ3v) is 3.46. The monoisotopic (exact) mass is 183 g/mol. The van der Waals surface area contributed by atoms with Crippen molar-refractivity contribution in [3.05, 3.63) is 0 Å². The van der Waals surface area contributed by atoms with Crippen LogP contribution in [0.2, 0.25) is 0 Å². The molecule has 76 valence electrons. The molecule has 1 aliphatic carbocycles. The molecule has 1 atom stereocenters. The second-order valence-corrected chi connectivity index (χ2v) is 5.62. The molecular formula is C11H21NO. The topological polar surface area (TPSA) is 23.5 Å². The predicted molar refractivity (Wildman–Crippen MR) is 53.6 cm³/mol. The Labute approximate surface area is 80.9 Å². The molecule has 0 aromatic heterocycles. The van der Waals surface area contributed by atoms with Crippen LogP contribution >= 0.6 is 0 Å². The van der Waals surface area contributed by atoms with Gasteiger partial charge in [0.2, 0.25) is 0 Å². The minimum atomic E-state index is -0.427. The van der Waals surface area contributed by atoms with Crippen LogP contribution in [0.15, 0.2) is 0 Å². The van der Waals surface area contributed by atoms with Crippen molar-refractivity contribution < 1.29 is 5.11 Å². The molecule has 1 aliphatic heterocycles. The smallest absolute Gasteiger partial charge is 0.0746 e. The van der Waals surface area contributed by atoms with E-state index >= 15 is 0 Å². The van der Waals surface area contributed by atoms with Crippen LogP contribution in [-0.2, 0) is 0 Å². The van der Waals surface area contributed by atoms with Crippen LogP contribution in [0.1, 0.15) is 39.5 Å². The van der Waals surface area contributed by atoms with Crippen LogP contribution in [0.3, 0.4) is 0 Å². The average Bonchev–Trinajstić information content (AvgIpc) is 2.65. The number of piperidine rings is 1. The van der Waals surface area contributed by atoms with Gasteiger partial charge < -0.3 is 5.11 Å². The first-order valence-corrected chi connectivity index (χ1v) is 5.44. The maximum atomic E-state index is 9.92. The first kappa shape index (κ1) is 9.47. The van der Waals surface area contributed by atoms with Crippen molar-refractivity contribution in [2.75, 3.05) is 19.6 Å².